The number of halogens is 3. The molecule has 0 aliphatic heterocycles. The van der Waals surface area contributed by atoms with Crippen molar-refractivity contribution in [3.05, 3.63) is 70.8 Å². The zero-order valence-corrected chi connectivity index (χ0v) is 13.4. The van der Waals surface area contributed by atoms with E-state index in [1.807, 2.05) is 0 Å². The fourth-order valence-electron chi connectivity index (χ4n) is 2.28. The molecule has 5 nitrogen and oxygen atoms in total. The molecule has 0 unspecified atom stereocenters. The van der Waals surface area contributed by atoms with Crippen molar-refractivity contribution >= 4 is 5.78 Å². The van der Waals surface area contributed by atoms with Gasteiger partial charge in [0.2, 0.25) is 5.78 Å². The molecule has 0 amide bonds. The standard InChI is InChI=1S/C17H13F3N4O/c1-10-6-7-24(23-10)16-21-11(2)8-14(22-16)15(25)12-4-3-5-13(9-12)17(18,19)20/h3-9H,1-2H3. The molecule has 0 aliphatic carbocycles. The molecule has 0 bridgehead atoms. The van der Waals surface area contributed by atoms with Crippen LogP contribution in [0.15, 0.2) is 42.6 Å². The summed E-state index contributed by atoms with van der Waals surface area (Å²) in [6.45, 7) is 3.46. The Hall–Kier alpha value is -3.03. The Labute approximate surface area is 141 Å². The summed E-state index contributed by atoms with van der Waals surface area (Å²) in [4.78, 5) is 20.9. The van der Waals surface area contributed by atoms with Gasteiger partial charge in [-0.05, 0) is 38.1 Å². The van der Waals surface area contributed by atoms with E-state index in [1.165, 1.54) is 22.9 Å². The number of rotatable bonds is 3. The third-order valence-electron chi connectivity index (χ3n) is 3.45. The van der Waals surface area contributed by atoms with Crippen LogP contribution in [0, 0.1) is 13.8 Å². The van der Waals surface area contributed by atoms with Gasteiger partial charge >= 0.3 is 6.18 Å². The first-order valence-electron chi connectivity index (χ1n) is 7.34. The van der Waals surface area contributed by atoms with Gasteiger partial charge in [-0.2, -0.15) is 18.3 Å². The van der Waals surface area contributed by atoms with Crippen molar-refractivity contribution in [2.24, 2.45) is 0 Å². The normalized spacial score (nSPS) is 11.6. The maximum Gasteiger partial charge on any atom is 0.416 e. The second kappa shape index (κ2) is 6.12. The lowest BCUT2D eigenvalue weighted by Crippen LogP contribution is -2.12. The van der Waals surface area contributed by atoms with Gasteiger partial charge in [-0.15, -0.1) is 0 Å². The Morgan fingerprint density at radius 1 is 1.04 bits per heavy atom. The minimum Gasteiger partial charge on any atom is -0.287 e. The number of carbonyl (C=O) groups is 1. The predicted octanol–water partition coefficient (Wildman–Crippen LogP) is 3.53. The van der Waals surface area contributed by atoms with E-state index in [0.29, 0.717) is 5.69 Å². The molecule has 0 saturated carbocycles. The van der Waals surface area contributed by atoms with Crippen molar-refractivity contribution in [1.82, 2.24) is 19.7 Å². The molecule has 3 rings (SSSR count). The van der Waals surface area contributed by atoms with E-state index in [0.717, 1.165) is 17.8 Å². The summed E-state index contributed by atoms with van der Waals surface area (Å²) >= 11 is 0. The average Bonchev–Trinajstić information content (AvgIpc) is 2.99. The van der Waals surface area contributed by atoms with E-state index in [1.54, 1.807) is 26.1 Å². The van der Waals surface area contributed by atoms with E-state index < -0.39 is 17.5 Å². The molecule has 3 aromatic rings. The SMILES string of the molecule is Cc1cc(C(=O)c2cccc(C(F)(F)F)c2)nc(-n2ccc(C)n2)n1. The highest BCUT2D eigenvalue weighted by Crippen LogP contribution is 2.30. The van der Waals surface area contributed by atoms with E-state index in [2.05, 4.69) is 15.1 Å². The van der Waals surface area contributed by atoms with Gasteiger partial charge in [0.1, 0.15) is 5.69 Å². The predicted molar refractivity (Wildman–Crippen MR) is 83.5 cm³/mol. The summed E-state index contributed by atoms with van der Waals surface area (Å²) in [6, 6.07) is 7.44. The van der Waals surface area contributed by atoms with Gasteiger partial charge in [0.05, 0.1) is 11.3 Å². The van der Waals surface area contributed by atoms with Crippen molar-refractivity contribution in [2.75, 3.05) is 0 Å². The minimum atomic E-state index is -4.52. The third kappa shape index (κ3) is 3.57. The molecule has 0 saturated heterocycles. The molecule has 8 heteroatoms. The maximum atomic E-state index is 12.8. The summed E-state index contributed by atoms with van der Waals surface area (Å²) in [5.74, 6) is -0.426. The minimum absolute atomic E-state index is 0.00924. The summed E-state index contributed by atoms with van der Waals surface area (Å²) in [6.07, 6.45) is -2.88. The number of carbonyl (C=O) groups excluding carboxylic acids is 1. The van der Waals surface area contributed by atoms with Crippen molar-refractivity contribution in [2.45, 2.75) is 20.0 Å². The quantitative estimate of drug-likeness (QED) is 0.681. The van der Waals surface area contributed by atoms with Gasteiger partial charge in [0.25, 0.3) is 5.95 Å². The Balaban J connectivity index is 2.02. The zero-order valence-electron chi connectivity index (χ0n) is 13.4. The smallest absolute Gasteiger partial charge is 0.287 e. The monoisotopic (exact) mass is 346 g/mol. The van der Waals surface area contributed by atoms with Gasteiger partial charge in [0, 0.05) is 17.5 Å². The van der Waals surface area contributed by atoms with Crippen LogP contribution in [-0.2, 0) is 6.18 Å². The number of hydrogen-bond donors (Lipinski definition) is 0. The average molecular weight is 346 g/mol. The van der Waals surface area contributed by atoms with Gasteiger partial charge in [-0.1, -0.05) is 12.1 Å². The van der Waals surface area contributed by atoms with Crippen LogP contribution >= 0.6 is 0 Å². The number of aryl methyl sites for hydroxylation is 2. The van der Waals surface area contributed by atoms with Crippen molar-refractivity contribution in [3.8, 4) is 5.95 Å². The van der Waals surface area contributed by atoms with Crippen LogP contribution in [0.25, 0.3) is 5.95 Å². The van der Waals surface area contributed by atoms with Crippen LogP contribution in [0.1, 0.15) is 33.0 Å². The van der Waals surface area contributed by atoms with Gasteiger partial charge in [-0.3, -0.25) is 4.79 Å². The molecule has 0 aliphatic rings. The molecule has 25 heavy (non-hydrogen) atoms. The zero-order chi connectivity index (χ0) is 18.2. The van der Waals surface area contributed by atoms with Crippen LogP contribution in [0.3, 0.4) is 0 Å². The van der Waals surface area contributed by atoms with Crippen LogP contribution in [0.5, 0.6) is 0 Å². The number of alkyl halides is 3. The molecule has 0 N–H and O–H groups in total. The highest BCUT2D eigenvalue weighted by atomic mass is 19.4. The molecule has 0 radical (unpaired) electrons. The molecule has 0 spiro atoms. The molecule has 2 heterocycles. The largest absolute Gasteiger partial charge is 0.416 e. The van der Waals surface area contributed by atoms with Crippen molar-refractivity contribution < 1.29 is 18.0 Å². The topological polar surface area (TPSA) is 60.7 Å². The summed E-state index contributed by atoms with van der Waals surface area (Å²) in [5.41, 5.74) is 0.293. The van der Waals surface area contributed by atoms with E-state index in [-0.39, 0.29) is 17.2 Å². The number of nitrogens with zero attached hydrogens (tertiary/aromatic N) is 4. The number of ketones is 1. The third-order valence-corrected chi connectivity index (χ3v) is 3.45. The molecule has 0 atom stereocenters. The van der Waals surface area contributed by atoms with Crippen LogP contribution in [0.2, 0.25) is 0 Å². The highest BCUT2D eigenvalue weighted by molar-refractivity contribution is 6.07. The lowest BCUT2D eigenvalue weighted by atomic mass is 10.0. The van der Waals surface area contributed by atoms with Crippen molar-refractivity contribution in [1.29, 1.82) is 0 Å². The second-order valence-electron chi connectivity index (χ2n) is 5.50. The second-order valence-corrected chi connectivity index (χ2v) is 5.50. The highest BCUT2D eigenvalue weighted by Gasteiger charge is 2.31. The van der Waals surface area contributed by atoms with E-state index in [4.69, 9.17) is 0 Å². The molecular formula is C17H13F3N4O. The molecule has 1 aromatic carbocycles. The van der Waals surface area contributed by atoms with Gasteiger partial charge in [-0.25, -0.2) is 14.6 Å². The Bertz CT molecular complexity index is 947. The summed E-state index contributed by atoms with van der Waals surface area (Å²) < 4.78 is 39.9. The lowest BCUT2D eigenvalue weighted by molar-refractivity contribution is -0.137. The maximum absolute atomic E-state index is 12.8. The van der Waals surface area contributed by atoms with Crippen LogP contribution in [-0.4, -0.2) is 25.5 Å². The van der Waals surface area contributed by atoms with Gasteiger partial charge < -0.3 is 0 Å². The first-order chi connectivity index (χ1) is 11.7. The summed E-state index contributed by atoms with van der Waals surface area (Å²) in [5, 5.41) is 4.17. The molecule has 128 valence electrons. The fraction of sp³-hybridized carbons (Fsp3) is 0.176. The van der Waals surface area contributed by atoms with E-state index >= 15 is 0 Å². The Morgan fingerprint density at radius 3 is 2.44 bits per heavy atom. The molecule has 2 aromatic heterocycles. The lowest BCUT2D eigenvalue weighted by Gasteiger charge is -2.09. The first kappa shape index (κ1) is 16.8. The number of hydrogen-bond acceptors (Lipinski definition) is 4. The number of aromatic nitrogens is 4. The van der Waals surface area contributed by atoms with Crippen molar-refractivity contribution in [3.63, 3.8) is 0 Å². The van der Waals surface area contributed by atoms with Crippen LogP contribution in [0.4, 0.5) is 13.2 Å². The Kier molecular flexibility index (Phi) is 4.12. The first-order valence-corrected chi connectivity index (χ1v) is 7.34. The van der Waals surface area contributed by atoms with E-state index in [9.17, 15) is 18.0 Å². The molecule has 0 fully saturated rings. The fourth-order valence-corrected chi connectivity index (χ4v) is 2.28. The number of benzene rings is 1. The summed E-state index contributed by atoms with van der Waals surface area (Å²) in [7, 11) is 0. The van der Waals surface area contributed by atoms with Crippen LogP contribution < -0.4 is 0 Å². The molecular weight excluding hydrogens is 333 g/mol. The van der Waals surface area contributed by atoms with Gasteiger partial charge in [0.15, 0.2) is 0 Å². The Morgan fingerprint density at radius 2 is 1.80 bits per heavy atom.